The lowest BCUT2D eigenvalue weighted by Crippen LogP contribution is -2.07. The van der Waals surface area contributed by atoms with Crippen LogP contribution in [-0.4, -0.2) is 11.6 Å². The summed E-state index contributed by atoms with van der Waals surface area (Å²) in [6.07, 6.45) is 0. The van der Waals surface area contributed by atoms with E-state index in [0.29, 0.717) is 0 Å². The van der Waals surface area contributed by atoms with Gasteiger partial charge in [-0.1, -0.05) is 12.1 Å². The van der Waals surface area contributed by atoms with E-state index in [2.05, 4.69) is 61.8 Å². The van der Waals surface area contributed by atoms with Crippen LogP contribution in [0.4, 0.5) is 0 Å². The van der Waals surface area contributed by atoms with Gasteiger partial charge in [-0.3, -0.25) is 0 Å². The first-order chi connectivity index (χ1) is 8.56. The van der Waals surface area contributed by atoms with Crippen molar-refractivity contribution in [3.63, 3.8) is 0 Å². The predicted octanol–water partition coefficient (Wildman–Crippen LogP) is 3.43. The van der Waals surface area contributed by atoms with Crippen molar-refractivity contribution in [2.24, 2.45) is 0 Å². The molecule has 1 aromatic carbocycles. The van der Waals surface area contributed by atoms with Crippen LogP contribution in [-0.2, 0) is 6.54 Å². The van der Waals surface area contributed by atoms with Crippen molar-refractivity contribution >= 4 is 0 Å². The Kier molecular flexibility index (Phi) is 3.58. The van der Waals surface area contributed by atoms with Crippen LogP contribution in [0.25, 0.3) is 5.69 Å². The number of nitrogens with one attached hydrogen (secondary N) is 1. The average molecular weight is 242 g/mol. The molecule has 2 rings (SSSR count). The molecule has 0 spiro atoms. The van der Waals surface area contributed by atoms with Crippen LogP contribution >= 0.6 is 0 Å². The highest BCUT2D eigenvalue weighted by molar-refractivity contribution is 5.49. The van der Waals surface area contributed by atoms with E-state index in [1.54, 1.807) is 0 Å². The van der Waals surface area contributed by atoms with E-state index in [0.717, 1.165) is 6.54 Å². The van der Waals surface area contributed by atoms with Crippen LogP contribution < -0.4 is 5.32 Å². The second-order valence-corrected chi connectivity index (χ2v) is 4.98. The molecule has 0 saturated heterocycles. The summed E-state index contributed by atoms with van der Waals surface area (Å²) >= 11 is 0. The Morgan fingerprint density at radius 3 is 2.50 bits per heavy atom. The van der Waals surface area contributed by atoms with Crippen molar-refractivity contribution in [3.8, 4) is 5.69 Å². The molecule has 0 atom stereocenters. The van der Waals surface area contributed by atoms with Crippen molar-refractivity contribution in [2.75, 3.05) is 7.05 Å². The molecule has 18 heavy (non-hydrogen) atoms. The smallest absolute Gasteiger partial charge is 0.0486 e. The van der Waals surface area contributed by atoms with Crippen molar-refractivity contribution in [1.29, 1.82) is 0 Å². The largest absolute Gasteiger partial charge is 0.318 e. The van der Waals surface area contributed by atoms with E-state index < -0.39 is 0 Å². The molecule has 0 radical (unpaired) electrons. The second-order valence-electron chi connectivity index (χ2n) is 4.98. The minimum Gasteiger partial charge on any atom is -0.318 e. The zero-order valence-electron chi connectivity index (χ0n) is 12.0. The van der Waals surface area contributed by atoms with Crippen LogP contribution in [0.15, 0.2) is 24.3 Å². The van der Waals surface area contributed by atoms with Crippen molar-refractivity contribution in [2.45, 2.75) is 34.2 Å². The quantitative estimate of drug-likeness (QED) is 0.872. The molecule has 0 unspecified atom stereocenters. The Balaban J connectivity index is 2.60. The van der Waals surface area contributed by atoms with Gasteiger partial charge in [-0.15, -0.1) is 0 Å². The van der Waals surface area contributed by atoms with E-state index >= 15 is 0 Å². The van der Waals surface area contributed by atoms with Gasteiger partial charge in [0.05, 0.1) is 0 Å². The molecule has 2 aromatic rings. The van der Waals surface area contributed by atoms with E-state index in [1.807, 2.05) is 7.05 Å². The summed E-state index contributed by atoms with van der Waals surface area (Å²) in [5.41, 5.74) is 8.00. The molecule has 1 N–H and O–H groups in total. The predicted molar refractivity (Wildman–Crippen MR) is 77.5 cm³/mol. The molecule has 1 heterocycles. The standard InChI is InChI=1S/C16H22N2/c1-11-7-6-8-16(13(11)3)18-12(2)9-15(10-17-5)14(18)4/h6-9,17H,10H2,1-5H3. The third kappa shape index (κ3) is 2.08. The molecule has 0 bridgehead atoms. The molecule has 0 amide bonds. The molecule has 0 aliphatic rings. The fourth-order valence-corrected chi connectivity index (χ4v) is 2.55. The topological polar surface area (TPSA) is 17.0 Å². The molecule has 96 valence electrons. The highest BCUT2D eigenvalue weighted by Crippen LogP contribution is 2.24. The van der Waals surface area contributed by atoms with Gasteiger partial charge in [0.1, 0.15) is 0 Å². The summed E-state index contributed by atoms with van der Waals surface area (Å²) in [5, 5.41) is 3.23. The van der Waals surface area contributed by atoms with Crippen LogP contribution in [0.2, 0.25) is 0 Å². The van der Waals surface area contributed by atoms with Gasteiger partial charge < -0.3 is 9.88 Å². The minimum absolute atomic E-state index is 0.921. The van der Waals surface area contributed by atoms with Crippen molar-refractivity contribution < 1.29 is 0 Å². The van der Waals surface area contributed by atoms with Crippen LogP contribution in [0.1, 0.15) is 28.1 Å². The fourth-order valence-electron chi connectivity index (χ4n) is 2.55. The Hall–Kier alpha value is -1.54. The lowest BCUT2D eigenvalue weighted by molar-refractivity contribution is 0.806. The maximum atomic E-state index is 3.23. The molecule has 0 saturated carbocycles. The first kappa shape index (κ1) is 12.9. The second kappa shape index (κ2) is 4.99. The Morgan fingerprint density at radius 1 is 1.11 bits per heavy atom. The fraction of sp³-hybridized carbons (Fsp3) is 0.375. The molecule has 0 fully saturated rings. The molecule has 2 heteroatoms. The Bertz CT molecular complexity index is 565. The van der Waals surface area contributed by atoms with E-state index in [1.165, 1.54) is 33.8 Å². The van der Waals surface area contributed by atoms with E-state index in [4.69, 9.17) is 0 Å². The number of hydrogen-bond acceptors (Lipinski definition) is 1. The van der Waals surface area contributed by atoms with E-state index in [9.17, 15) is 0 Å². The normalized spacial score (nSPS) is 10.9. The SMILES string of the molecule is CNCc1cc(C)n(-c2cccc(C)c2C)c1C. The summed E-state index contributed by atoms with van der Waals surface area (Å²) in [4.78, 5) is 0. The number of benzene rings is 1. The summed E-state index contributed by atoms with van der Waals surface area (Å²) in [7, 11) is 1.99. The minimum atomic E-state index is 0.921. The number of hydrogen-bond donors (Lipinski definition) is 1. The summed E-state index contributed by atoms with van der Waals surface area (Å²) < 4.78 is 2.36. The van der Waals surface area contributed by atoms with Gasteiger partial charge in [0.15, 0.2) is 0 Å². The summed E-state index contributed by atoms with van der Waals surface area (Å²) in [6.45, 7) is 9.66. The van der Waals surface area contributed by atoms with Gasteiger partial charge in [0.25, 0.3) is 0 Å². The molecular formula is C16H22N2. The lowest BCUT2D eigenvalue weighted by atomic mass is 10.1. The van der Waals surface area contributed by atoms with Crippen LogP contribution in [0.3, 0.4) is 0 Å². The van der Waals surface area contributed by atoms with Crippen molar-refractivity contribution in [1.82, 2.24) is 9.88 Å². The third-order valence-electron chi connectivity index (χ3n) is 3.72. The van der Waals surface area contributed by atoms with E-state index in [-0.39, 0.29) is 0 Å². The van der Waals surface area contributed by atoms with Crippen molar-refractivity contribution in [3.05, 3.63) is 52.3 Å². The van der Waals surface area contributed by atoms with Crippen LogP contribution in [0.5, 0.6) is 0 Å². The molecular weight excluding hydrogens is 220 g/mol. The zero-order valence-corrected chi connectivity index (χ0v) is 12.0. The highest BCUT2D eigenvalue weighted by atomic mass is 15.0. The molecule has 0 aliphatic heterocycles. The number of aromatic nitrogens is 1. The summed E-state index contributed by atoms with van der Waals surface area (Å²) in [6, 6.07) is 8.77. The molecule has 2 nitrogen and oxygen atoms in total. The van der Waals surface area contributed by atoms with Gasteiger partial charge in [0.2, 0.25) is 0 Å². The number of nitrogens with zero attached hydrogens (tertiary/aromatic N) is 1. The lowest BCUT2D eigenvalue weighted by Gasteiger charge is -2.14. The van der Waals surface area contributed by atoms with Gasteiger partial charge in [-0.2, -0.15) is 0 Å². The van der Waals surface area contributed by atoms with Gasteiger partial charge in [-0.05, 0) is 63.6 Å². The van der Waals surface area contributed by atoms with Gasteiger partial charge >= 0.3 is 0 Å². The van der Waals surface area contributed by atoms with Gasteiger partial charge in [-0.25, -0.2) is 0 Å². The maximum absolute atomic E-state index is 3.23. The zero-order chi connectivity index (χ0) is 13.3. The molecule has 0 aliphatic carbocycles. The Labute approximate surface area is 110 Å². The maximum Gasteiger partial charge on any atom is 0.0486 e. The first-order valence-corrected chi connectivity index (χ1v) is 6.45. The van der Waals surface area contributed by atoms with Gasteiger partial charge in [0, 0.05) is 23.6 Å². The number of aryl methyl sites for hydroxylation is 2. The van der Waals surface area contributed by atoms with Crippen LogP contribution in [0, 0.1) is 27.7 Å². The number of rotatable bonds is 3. The third-order valence-corrected chi connectivity index (χ3v) is 3.72. The highest BCUT2D eigenvalue weighted by Gasteiger charge is 2.12. The monoisotopic (exact) mass is 242 g/mol. The summed E-state index contributed by atoms with van der Waals surface area (Å²) in [5.74, 6) is 0. The first-order valence-electron chi connectivity index (χ1n) is 6.45. The molecule has 1 aromatic heterocycles. The average Bonchev–Trinajstić information content (AvgIpc) is 2.60. The Morgan fingerprint density at radius 2 is 1.83 bits per heavy atom.